The van der Waals surface area contributed by atoms with Crippen LogP contribution in [0.2, 0.25) is 0 Å². The van der Waals surface area contributed by atoms with Gasteiger partial charge in [-0.1, -0.05) is 30.3 Å². The Labute approximate surface area is 220 Å². The van der Waals surface area contributed by atoms with Gasteiger partial charge >= 0.3 is 0 Å². The van der Waals surface area contributed by atoms with Crippen molar-refractivity contribution in [1.29, 1.82) is 0 Å². The molecule has 1 unspecified atom stereocenters. The summed E-state index contributed by atoms with van der Waals surface area (Å²) in [6, 6.07) is 19.0. The van der Waals surface area contributed by atoms with E-state index in [9.17, 15) is 10.1 Å². The van der Waals surface area contributed by atoms with Crippen molar-refractivity contribution in [2.45, 2.75) is 62.2 Å². The van der Waals surface area contributed by atoms with Crippen LogP contribution in [0.25, 0.3) is 5.69 Å². The predicted octanol–water partition coefficient (Wildman–Crippen LogP) is 5.59. The summed E-state index contributed by atoms with van der Waals surface area (Å²) in [7, 11) is 0. The van der Waals surface area contributed by atoms with E-state index < -0.39 is 0 Å². The van der Waals surface area contributed by atoms with Crippen molar-refractivity contribution in [2.24, 2.45) is 5.73 Å². The molecule has 0 bridgehead atoms. The first-order chi connectivity index (χ1) is 17.9. The van der Waals surface area contributed by atoms with Gasteiger partial charge in [-0.05, 0) is 97.8 Å². The number of aryl methyl sites for hydroxylation is 1. The van der Waals surface area contributed by atoms with E-state index in [1.807, 2.05) is 54.0 Å². The van der Waals surface area contributed by atoms with E-state index in [1.54, 1.807) is 12.1 Å². The lowest BCUT2D eigenvalue weighted by atomic mass is 10.0. The molecule has 0 aliphatic heterocycles. The van der Waals surface area contributed by atoms with Crippen LogP contribution in [0, 0.1) is 17.0 Å². The Bertz CT molecular complexity index is 1440. The zero-order valence-electron chi connectivity index (χ0n) is 20.9. The molecule has 1 aliphatic carbocycles. The Hall–Kier alpha value is -3.69. The quantitative estimate of drug-likeness (QED) is 0.228. The third-order valence-electron chi connectivity index (χ3n) is 6.53. The molecule has 1 aliphatic rings. The first-order valence-corrected chi connectivity index (χ1v) is 13.2. The summed E-state index contributed by atoms with van der Waals surface area (Å²) in [5.41, 5.74) is 11.6. The van der Waals surface area contributed by atoms with Crippen molar-refractivity contribution in [3.63, 3.8) is 0 Å². The fourth-order valence-electron chi connectivity index (χ4n) is 4.82. The average molecular weight is 516 g/mol. The van der Waals surface area contributed by atoms with E-state index in [2.05, 4.69) is 23.2 Å². The molecule has 2 N–H and O–H groups in total. The lowest BCUT2D eigenvalue weighted by Gasteiger charge is -2.14. The van der Waals surface area contributed by atoms with E-state index in [1.165, 1.54) is 28.5 Å². The maximum Gasteiger partial charge on any atom is 0.283 e. The maximum atomic E-state index is 11.9. The molecule has 1 aromatic heterocycles. The van der Waals surface area contributed by atoms with Crippen LogP contribution in [0.1, 0.15) is 41.4 Å². The Kier molecular flexibility index (Phi) is 7.25. The molecule has 0 fully saturated rings. The average Bonchev–Trinajstić information content (AvgIpc) is 3.53. The van der Waals surface area contributed by atoms with Gasteiger partial charge in [0, 0.05) is 17.8 Å². The Balaban J connectivity index is 1.47. The number of nitrogens with two attached hydrogens (primary N) is 1. The molecule has 9 heteroatoms. The number of benzene rings is 3. The van der Waals surface area contributed by atoms with Crippen molar-refractivity contribution in [3.8, 4) is 11.4 Å². The number of ether oxygens (including phenoxy) is 1. The third kappa shape index (κ3) is 5.38. The minimum atomic E-state index is -0.363. The molecule has 0 saturated carbocycles. The van der Waals surface area contributed by atoms with Crippen LogP contribution in [0.15, 0.2) is 70.7 Å². The molecule has 0 saturated heterocycles. The van der Waals surface area contributed by atoms with E-state index >= 15 is 0 Å². The number of fused-ring (bicyclic) bond motifs is 1. The zero-order valence-corrected chi connectivity index (χ0v) is 21.7. The highest BCUT2D eigenvalue weighted by Crippen LogP contribution is 2.37. The van der Waals surface area contributed by atoms with Gasteiger partial charge in [0.05, 0.1) is 9.82 Å². The number of rotatable bonds is 9. The molecule has 3 aromatic carbocycles. The fourth-order valence-corrected chi connectivity index (χ4v) is 5.77. The molecular weight excluding hydrogens is 486 g/mol. The van der Waals surface area contributed by atoms with Gasteiger partial charge < -0.3 is 10.5 Å². The molecule has 1 heterocycles. The summed E-state index contributed by atoms with van der Waals surface area (Å²) in [4.78, 5) is 12.0. The topological polar surface area (TPSA) is 109 Å². The van der Waals surface area contributed by atoms with Crippen LogP contribution < -0.4 is 10.5 Å². The van der Waals surface area contributed by atoms with Gasteiger partial charge in [-0.3, -0.25) is 14.7 Å². The van der Waals surface area contributed by atoms with Gasteiger partial charge in [0.2, 0.25) is 5.16 Å². The van der Waals surface area contributed by atoms with Crippen molar-refractivity contribution in [1.82, 2.24) is 14.8 Å². The summed E-state index contributed by atoms with van der Waals surface area (Å²) >= 11 is 1.22. The summed E-state index contributed by atoms with van der Waals surface area (Å²) in [6.07, 6.45) is 3.80. The summed E-state index contributed by atoms with van der Waals surface area (Å²) in [5.74, 6) is 1.51. The largest absolute Gasteiger partial charge is 0.485 e. The van der Waals surface area contributed by atoms with Crippen molar-refractivity contribution in [3.05, 3.63) is 98.9 Å². The van der Waals surface area contributed by atoms with Crippen molar-refractivity contribution >= 4 is 17.4 Å². The number of para-hydroxylation sites is 1. The molecular formula is C28H29N5O3S. The van der Waals surface area contributed by atoms with Gasteiger partial charge in [-0.2, -0.15) is 0 Å². The second-order valence-electron chi connectivity index (χ2n) is 9.39. The number of hydrogen-bond acceptors (Lipinski definition) is 7. The van der Waals surface area contributed by atoms with E-state index in [0.29, 0.717) is 22.3 Å². The highest BCUT2D eigenvalue weighted by molar-refractivity contribution is 7.99. The summed E-state index contributed by atoms with van der Waals surface area (Å²) < 4.78 is 8.18. The minimum Gasteiger partial charge on any atom is -0.485 e. The first-order valence-electron chi connectivity index (χ1n) is 12.4. The third-order valence-corrected chi connectivity index (χ3v) is 7.54. The Morgan fingerprint density at radius 1 is 1.11 bits per heavy atom. The summed E-state index contributed by atoms with van der Waals surface area (Å²) in [6.45, 7) is 4.25. The van der Waals surface area contributed by atoms with Crippen LogP contribution in [-0.2, 0) is 25.9 Å². The number of hydrogen-bond donors (Lipinski definition) is 1. The molecule has 37 heavy (non-hydrogen) atoms. The Morgan fingerprint density at radius 3 is 2.65 bits per heavy atom. The number of aromatic nitrogens is 3. The Morgan fingerprint density at radius 2 is 1.89 bits per heavy atom. The standard InChI is InChI=1S/C28H29N5O3S/c1-18-11-13-25(23-10-6-9-22(18)23)36-17-27-30-31-28(32(27)21-7-4-3-5-8-21)37-26-14-12-20(15-19(2)29)16-24(26)33(34)35/h3-5,7-8,11-14,16,19H,6,9-10,15,17,29H2,1-2H3. The van der Waals surface area contributed by atoms with Crippen molar-refractivity contribution in [2.75, 3.05) is 0 Å². The molecule has 0 radical (unpaired) electrons. The van der Waals surface area contributed by atoms with Gasteiger partial charge in [-0.15, -0.1) is 10.2 Å². The smallest absolute Gasteiger partial charge is 0.283 e. The van der Waals surface area contributed by atoms with Crippen LogP contribution >= 0.6 is 11.8 Å². The molecule has 0 spiro atoms. The van der Waals surface area contributed by atoms with Crippen LogP contribution in [-0.4, -0.2) is 25.7 Å². The van der Waals surface area contributed by atoms with Gasteiger partial charge in [0.25, 0.3) is 5.69 Å². The molecule has 0 amide bonds. The fraction of sp³-hybridized carbons (Fsp3) is 0.286. The van der Waals surface area contributed by atoms with Gasteiger partial charge in [0.15, 0.2) is 5.82 Å². The monoisotopic (exact) mass is 515 g/mol. The molecule has 4 aromatic rings. The van der Waals surface area contributed by atoms with Gasteiger partial charge in [0.1, 0.15) is 12.4 Å². The number of nitro benzene ring substituents is 1. The van der Waals surface area contributed by atoms with E-state index in [4.69, 9.17) is 10.5 Å². The zero-order chi connectivity index (χ0) is 25.9. The van der Waals surface area contributed by atoms with Crippen molar-refractivity contribution < 1.29 is 9.66 Å². The van der Waals surface area contributed by atoms with Crippen LogP contribution in [0.5, 0.6) is 5.75 Å². The number of nitrogens with zero attached hydrogens (tertiary/aromatic N) is 4. The SMILES string of the molecule is Cc1ccc(OCc2nnc(Sc3ccc(CC(C)N)cc3[N+](=O)[O-])n2-c2ccccc2)c2c1CCC2. The van der Waals surface area contributed by atoms with E-state index in [0.717, 1.165) is 36.3 Å². The molecule has 190 valence electrons. The second kappa shape index (κ2) is 10.7. The van der Waals surface area contributed by atoms with E-state index in [-0.39, 0.29) is 23.3 Å². The molecule has 5 rings (SSSR count). The van der Waals surface area contributed by atoms with Crippen LogP contribution in [0.4, 0.5) is 5.69 Å². The maximum absolute atomic E-state index is 11.9. The van der Waals surface area contributed by atoms with Crippen LogP contribution in [0.3, 0.4) is 0 Å². The van der Waals surface area contributed by atoms with Gasteiger partial charge in [-0.25, -0.2) is 0 Å². The molecule has 8 nitrogen and oxygen atoms in total. The second-order valence-corrected chi connectivity index (χ2v) is 10.4. The normalized spacial score (nSPS) is 13.4. The highest BCUT2D eigenvalue weighted by atomic mass is 32.2. The number of nitro groups is 1. The molecule has 1 atom stereocenters. The lowest BCUT2D eigenvalue weighted by Crippen LogP contribution is -2.17. The predicted molar refractivity (Wildman–Crippen MR) is 143 cm³/mol. The lowest BCUT2D eigenvalue weighted by molar-refractivity contribution is -0.387. The first kappa shape index (κ1) is 25.0. The summed E-state index contributed by atoms with van der Waals surface area (Å²) in [5, 5.41) is 21.3. The minimum absolute atomic E-state index is 0.0266. The highest BCUT2D eigenvalue weighted by Gasteiger charge is 2.23.